The maximum Gasteiger partial charge on any atom is 0.176 e. The van der Waals surface area contributed by atoms with Gasteiger partial charge in [0.25, 0.3) is 0 Å². The highest BCUT2D eigenvalue weighted by Crippen LogP contribution is 2.22. The number of hydrogen-bond acceptors (Lipinski definition) is 4. The Morgan fingerprint density at radius 1 is 1.27 bits per heavy atom. The summed E-state index contributed by atoms with van der Waals surface area (Å²) in [6, 6.07) is 2.25. The van der Waals surface area contributed by atoms with Gasteiger partial charge in [-0.15, -0.1) is 0 Å². The average molecular weight is 305 g/mol. The summed E-state index contributed by atoms with van der Waals surface area (Å²) >= 11 is 0. The molecule has 0 amide bonds. The molecular weight excluding hydrogens is 278 g/mol. The Balaban J connectivity index is 2.36. The van der Waals surface area contributed by atoms with Gasteiger partial charge in [-0.05, 0) is 32.3 Å². The van der Waals surface area contributed by atoms with Gasteiger partial charge in [0.05, 0.1) is 0 Å². The van der Waals surface area contributed by atoms with Crippen molar-refractivity contribution >= 4 is 0 Å². The average Bonchev–Trinajstić information content (AvgIpc) is 3.11. The molecule has 2 rings (SSSR count). The second kappa shape index (κ2) is 7.54. The number of nitrogens with zero attached hydrogens (tertiary/aromatic N) is 5. The van der Waals surface area contributed by atoms with Crippen molar-refractivity contribution in [3.8, 4) is 11.5 Å². The molecule has 122 valence electrons. The fourth-order valence-electron chi connectivity index (χ4n) is 2.40. The van der Waals surface area contributed by atoms with Crippen LogP contribution in [0.2, 0.25) is 0 Å². The monoisotopic (exact) mass is 305 g/mol. The van der Waals surface area contributed by atoms with Gasteiger partial charge in [0.2, 0.25) is 0 Å². The van der Waals surface area contributed by atoms with Gasteiger partial charge in [0.1, 0.15) is 5.69 Å². The van der Waals surface area contributed by atoms with E-state index < -0.39 is 0 Å². The van der Waals surface area contributed by atoms with Crippen molar-refractivity contribution < 1.29 is 5.11 Å². The summed E-state index contributed by atoms with van der Waals surface area (Å²) in [7, 11) is 0. The maximum atomic E-state index is 9.10. The van der Waals surface area contributed by atoms with Gasteiger partial charge in [-0.3, -0.25) is 4.68 Å². The minimum atomic E-state index is 0.156. The van der Waals surface area contributed by atoms with Gasteiger partial charge in [0, 0.05) is 31.8 Å². The molecule has 0 radical (unpaired) electrons. The summed E-state index contributed by atoms with van der Waals surface area (Å²) in [5.74, 6) is 2.29. The molecule has 2 aromatic rings. The van der Waals surface area contributed by atoms with Crippen LogP contribution in [0, 0.1) is 5.92 Å². The second-order valence-corrected chi connectivity index (χ2v) is 6.12. The molecule has 0 aliphatic carbocycles. The van der Waals surface area contributed by atoms with E-state index in [4.69, 9.17) is 10.1 Å². The molecule has 0 aromatic carbocycles. The molecule has 0 aliphatic rings. The number of hydrogen-bond donors (Lipinski definition) is 1. The topological polar surface area (TPSA) is 68.8 Å². The van der Waals surface area contributed by atoms with Gasteiger partial charge >= 0.3 is 0 Å². The lowest BCUT2D eigenvalue weighted by molar-refractivity contribution is 0.277. The van der Waals surface area contributed by atoms with Crippen LogP contribution in [0.25, 0.3) is 11.5 Å². The van der Waals surface area contributed by atoms with Crippen LogP contribution in [0.5, 0.6) is 0 Å². The molecule has 0 fully saturated rings. The normalized spacial score (nSPS) is 13.0. The predicted octanol–water partition coefficient (Wildman–Crippen LogP) is 2.69. The third kappa shape index (κ3) is 3.74. The van der Waals surface area contributed by atoms with E-state index in [0.29, 0.717) is 18.9 Å². The fourth-order valence-corrected chi connectivity index (χ4v) is 2.40. The van der Waals surface area contributed by atoms with Gasteiger partial charge in [-0.2, -0.15) is 10.2 Å². The highest BCUT2D eigenvalue weighted by atomic mass is 16.3. The first-order valence-corrected chi connectivity index (χ1v) is 8.15. The molecule has 6 heteroatoms. The molecule has 6 nitrogen and oxygen atoms in total. The first-order valence-electron chi connectivity index (χ1n) is 8.15. The summed E-state index contributed by atoms with van der Waals surface area (Å²) in [4.78, 5) is 4.75. The van der Waals surface area contributed by atoms with Crippen LogP contribution in [0.15, 0.2) is 12.3 Å². The molecule has 0 bridgehead atoms. The fraction of sp³-hybridized carbons (Fsp3) is 0.688. The van der Waals surface area contributed by atoms with E-state index in [1.54, 1.807) is 6.20 Å². The van der Waals surface area contributed by atoms with Crippen LogP contribution >= 0.6 is 0 Å². The zero-order chi connectivity index (χ0) is 16.1. The summed E-state index contributed by atoms with van der Waals surface area (Å²) < 4.78 is 3.87. The molecule has 1 N–H and O–H groups in total. The van der Waals surface area contributed by atoms with Gasteiger partial charge < -0.3 is 5.11 Å². The third-order valence-corrected chi connectivity index (χ3v) is 3.86. The van der Waals surface area contributed by atoms with Gasteiger partial charge in [0.15, 0.2) is 11.6 Å². The second-order valence-electron chi connectivity index (χ2n) is 6.12. The van der Waals surface area contributed by atoms with Crippen LogP contribution in [0.4, 0.5) is 0 Å². The molecule has 1 unspecified atom stereocenters. The number of rotatable bonds is 8. The van der Waals surface area contributed by atoms with Crippen molar-refractivity contribution in [3.63, 3.8) is 0 Å². The Hall–Kier alpha value is -1.69. The Kier molecular flexibility index (Phi) is 5.71. The number of aryl methyl sites for hydroxylation is 1. The predicted molar refractivity (Wildman–Crippen MR) is 86.5 cm³/mol. The Labute approximate surface area is 132 Å². The van der Waals surface area contributed by atoms with E-state index in [1.807, 2.05) is 15.4 Å². The minimum absolute atomic E-state index is 0.156. The van der Waals surface area contributed by atoms with Gasteiger partial charge in [-0.1, -0.05) is 20.3 Å². The third-order valence-electron chi connectivity index (χ3n) is 3.86. The van der Waals surface area contributed by atoms with Crippen LogP contribution in [-0.2, 0) is 13.0 Å². The maximum absolute atomic E-state index is 9.10. The van der Waals surface area contributed by atoms with Crippen molar-refractivity contribution in [2.45, 2.75) is 59.5 Å². The van der Waals surface area contributed by atoms with Crippen LogP contribution in [0.3, 0.4) is 0 Å². The molecule has 1 atom stereocenters. The first kappa shape index (κ1) is 16.7. The van der Waals surface area contributed by atoms with E-state index in [1.165, 1.54) is 0 Å². The van der Waals surface area contributed by atoms with Crippen LogP contribution in [-0.4, -0.2) is 36.3 Å². The molecule has 2 heterocycles. The molecule has 0 aliphatic heterocycles. The van der Waals surface area contributed by atoms with Crippen molar-refractivity contribution in [3.05, 3.63) is 18.1 Å². The number of aliphatic hydroxyl groups excluding tert-OH is 1. The smallest absolute Gasteiger partial charge is 0.176 e. The summed E-state index contributed by atoms with van der Waals surface area (Å²) in [5.41, 5.74) is 0.982. The van der Waals surface area contributed by atoms with Crippen LogP contribution < -0.4 is 0 Å². The number of aromatic nitrogens is 5. The lowest BCUT2D eigenvalue weighted by atomic mass is 10.1. The van der Waals surface area contributed by atoms with Crippen molar-refractivity contribution in [2.24, 2.45) is 5.92 Å². The molecule has 0 saturated heterocycles. The van der Waals surface area contributed by atoms with E-state index in [-0.39, 0.29) is 12.6 Å². The Bertz CT molecular complexity index is 587. The van der Waals surface area contributed by atoms with E-state index >= 15 is 0 Å². The molecular formula is C16H27N5O. The van der Waals surface area contributed by atoms with Gasteiger partial charge in [-0.25, -0.2) is 9.67 Å². The van der Waals surface area contributed by atoms with E-state index in [2.05, 4.69) is 37.9 Å². The van der Waals surface area contributed by atoms with E-state index in [9.17, 15) is 0 Å². The lowest BCUT2D eigenvalue weighted by Gasteiger charge is -2.11. The molecule has 2 aromatic heterocycles. The van der Waals surface area contributed by atoms with Crippen LogP contribution in [0.1, 0.15) is 52.4 Å². The zero-order valence-corrected chi connectivity index (χ0v) is 14.0. The standard InChI is InChI=1S/C16H27N5O/c1-5-13(4)11-15-18-16(20(19-15)9-6-10-22)14-7-8-17-21(14)12(2)3/h7-8,12-13,22H,5-6,9-11H2,1-4H3. The zero-order valence-electron chi connectivity index (χ0n) is 14.0. The molecule has 0 spiro atoms. The van der Waals surface area contributed by atoms with E-state index in [0.717, 1.165) is 30.2 Å². The summed E-state index contributed by atoms with van der Waals surface area (Å²) in [5, 5.41) is 18.1. The highest BCUT2D eigenvalue weighted by molar-refractivity contribution is 5.49. The highest BCUT2D eigenvalue weighted by Gasteiger charge is 2.18. The van der Waals surface area contributed by atoms with Crippen molar-refractivity contribution in [1.29, 1.82) is 0 Å². The quantitative estimate of drug-likeness (QED) is 0.814. The molecule has 0 saturated carbocycles. The minimum Gasteiger partial charge on any atom is -0.396 e. The largest absolute Gasteiger partial charge is 0.396 e. The lowest BCUT2D eigenvalue weighted by Crippen LogP contribution is -2.10. The SMILES string of the molecule is CCC(C)Cc1nc(-c2ccnn2C(C)C)n(CCCO)n1. The van der Waals surface area contributed by atoms with Crippen molar-refractivity contribution in [1.82, 2.24) is 24.5 Å². The Morgan fingerprint density at radius 2 is 2.05 bits per heavy atom. The summed E-state index contributed by atoms with van der Waals surface area (Å²) in [6.07, 6.45) is 4.47. The summed E-state index contributed by atoms with van der Waals surface area (Å²) in [6.45, 7) is 9.43. The van der Waals surface area contributed by atoms with Crippen molar-refractivity contribution in [2.75, 3.05) is 6.61 Å². The Morgan fingerprint density at radius 3 is 2.68 bits per heavy atom. The molecule has 22 heavy (non-hydrogen) atoms. The number of aliphatic hydroxyl groups is 1. The first-order chi connectivity index (χ1) is 10.6.